The van der Waals surface area contributed by atoms with Gasteiger partial charge in [-0.1, -0.05) is 55.8 Å². The van der Waals surface area contributed by atoms with Crippen LogP contribution in [0.1, 0.15) is 46.8 Å². The van der Waals surface area contributed by atoms with Crippen molar-refractivity contribution in [2.75, 3.05) is 36.9 Å². The molecule has 8 nitrogen and oxygen atoms in total. The number of amides is 1. The number of aryl methyl sites for hydroxylation is 2. The van der Waals surface area contributed by atoms with Gasteiger partial charge in [-0.15, -0.1) is 0 Å². The molecule has 0 aliphatic carbocycles. The monoisotopic (exact) mass is 565 g/mol. The summed E-state index contributed by atoms with van der Waals surface area (Å²) in [6.07, 6.45) is 4.70. The van der Waals surface area contributed by atoms with Crippen molar-refractivity contribution in [2.45, 2.75) is 39.7 Å². The van der Waals surface area contributed by atoms with Gasteiger partial charge < -0.3 is 19.9 Å². The van der Waals surface area contributed by atoms with Gasteiger partial charge in [0, 0.05) is 55.4 Å². The van der Waals surface area contributed by atoms with E-state index in [0.717, 1.165) is 80.1 Å². The van der Waals surface area contributed by atoms with Crippen LogP contribution >= 0.6 is 0 Å². The Bertz CT molecular complexity index is 1610. The number of ether oxygens (including phenoxy) is 1. The molecule has 0 spiro atoms. The fourth-order valence-corrected chi connectivity index (χ4v) is 5.28. The zero-order valence-electron chi connectivity index (χ0n) is 24.7. The van der Waals surface area contributed by atoms with Crippen LogP contribution in [0.25, 0.3) is 11.3 Å². The Morgan fingerprint density at radius 1 is 1.02 bits per heavy atom. The molecule has 1 aliphatic heterocycles. The maximum absolute atomic E-state index is 13.3. The van der Waals surface area contributed by atoms with Crippen molar-refractivity contribution in [3.05, 3.63) is 106 Å². The highest BCUT2D eigenvalue weighted by Crippen LogP contribution is 2.29. The lowest BCUT2D eigenvalue weighted by Crippen LogP contribution is -2.35. The number of rotatable bonds is 10. The van der Waals surface area contributed by atoms with Gasteiger partial charge >= 0.3 is 0 Å². The van der Waals surface area contributed by atoms with E-state index in [4.69, 9.17) is 9.72 Å². The summed E-state index contributed by atoms with van der Waals surface area (Å²) in [7, 11) is 1.72. The predicted molar refractivity (Wildman–Crippen MR) is 168 cm³/mol. The summed E-state index contributed by atoms with van der Waals surface area (Å²) < 4.78 is 7.00. The fraction of sp³-hybridized carbons (Fsp3) is 0.324. The van der Waals surface area contributed by atoms with E-state index in [9.17, 15) is 9.59 Å². The second-order valence-electron chi connectivity index (χ2n) is 10.8. The molecule has 1 amide bonds. The third-order valence-electron chi connectivity index (χ3n) is 7.69. The minimum absolute atomic E-state index is 0.130. The molecule has 0 saturated carbocycles. The molecule has 3 aromatic carbocycles. The van der Waals surface area contributed by atoms with Crippen LogP contribution in [0.2, 0.25) is 0 Å². The number of aromatic nitrogens is 2. The van der Waals surface area contributed by atoms with Gasteiger partial charge in [0.2, 0.25) is 0 Å². The summed E-state index contributed by atoms with van der Waals surface area (Å²) in [5.74, 6) is 0.118. The Morgan fingerprint density at radius 2 is 1.81 bits per heavy atom. The lowest BCUT2D eigenvalue weighted by atomic mass is 10.0. The molecule has 42 heavy (non-hydrogen) atoms. The molecule has 1 aliphatic rings. The molecule has 218 valence electrons. The van der Waals surface area contributed by atoms with Gasteiger partial charge in [-0.2, -0.15) is 0 Å². The first kappa shape index (κ1) is 29.2. The number of anilines is 3. The van der Waals surface area contributed by atoms with Gasteiger partial charge in [-0.25, -0.2) is 4.98 Å². The molecule has 1 fully saturated rings. The van der Waals surface area contributed by atoms with Crippen molar-refractivity contribution in [1.82, 2.24) is 14.5 Å². The van der Waals surface area contributed by atoms with Gasteiger partial charge in [0.25, 0.3) is 11.5 Å². The van der Waals surface area contributed by atoms with Crippen LogP contribution in [0.3, 0.4) is 0 Å². The Kier molecular flexibility index (Phi) is 9.46. The maximum Gasteiger partial charge on any atom is 0.293 e. The zero-order chi connectivity index (χ0) is 29.5. The minimum Gasteiger partial charge on any atom is -0.379 e. The van der Waals surface area contributed by atoms with Gasteiger partial charge in [-0.05, 0) is 60.7 Å². The lowest BCUT2D eigenvalue weighted by molar-refractivity contribution is 0.0342. The lowest BCUT2D eigenvalue weighted by Gasteiger charge is -2.26. The van der Waals surface area contributed by atoms with E-state index in [2.05, 4.69) is 34.6 Å². The Morgan fingerprint density at radius 3 is 2.62 bits per heavy atom. The molecule has 8 heteroatoms. The number of carbonyl (C=O) groups excluding carboxylic acids is 1. The first-order chi connectivity index (χ1) is 20.4. The number of carbonyl (C=O) groups is 1. The third kappa shape index (κ3) is 6.95. The second-order valence-corrected chi connectivity index (χ2v) is 10.8. The Hall–Kier alpha value is -4.27. The van der Waals surface area contributed by atoms with Crippen LogP contribution in [-0.2, 0) is 24.8 Å². The van der Waals surface area contributed by atoms with Gasteiger partial charge in [0.1, 0.15) is 0 Å². The molecule has 5 rings (SSSR count). The molecule has 2 N–H and O–H groups in total. The van der Waals surface area contributed by atoms with E-state index in [1.165, 1.54) is 4.57 Å². The smallest absolute Gasteiger partial charge is 0.293 e. The quantitative estimate of drug-likeness (QED) is 0.248. The molecule has 4 aromatic rings. The Labute approximate surface area is 247 Å². The van der Waals surface area contributed by atoms with Gasteiger partial charge in [0.15, 0.2) is 5.82 Å². The molecule has 0 atom stereocenters. The van der Waals surface area contributed by atoms with E-state index in [-0.39, 0.29) is 17.3 Å². The SMILES string of the molecule is CCCCc1ccccc1C(=O)Nc1cccc(-c2cn(C)c(=O)c(Nc3cccc(CN4CCOCC4)c3)n2)c1C. The van der Waals surface area contributed by atoms with Crippen LogP contribution in [0, 0.1) is 6.92 Å². The number of hydrogen-bond acceptors (Lipinski definition) is 6. The standard InChI is InChI=1S/C34H39N5O3/c1-4-5-11-26-12-6-7-14-29(26)33(40)37-30-16-9-15-28(24(30)2)31-23-38(3)34(41)32(36-31)35-27-13-8-10-25(21-27)22-39-17-19-42-20-18-39/h6-10,12-16,21,23H,4-5,11,17-20,22H2,1-3H3,(H,35,36)(H,37,40). The summed E-state index contributed by atoms with van der Waals surface area (Å²) in [4.78, 5) is 33.5. The molecule has 1 aromatic heterocycles. The van der Waals surface area contributed by atoms with Crippen molar-refractivity contribution in [3.8, 4) is 11.3 Å². The minimum atomic E-state index is -0.219. The number of nitrogens with zero attached hydrogens (tertiary/aromatic N) is 3. The van der Waals surface area contributed by atoms with E-state index in [1.807, 2.05) is 61.5 Å². The highest BCUT2D eigenvalue weighted by molar-refractivity contribution is 6.06. The molecule has 2 heterocycles. The van der Waals surface area contributed by atoms with Crippen molar-refractivity contribution in [3.63, 3.8) is 0 Å². The average molecular weight is 566 g/mol. The average Bonchev–Trinajstić information content (AvgIpc) is 3.00. The van der Waals surface area contributed by atoms with Crippen LogP contribution in [0.5, 0.6) is 0 Å². The maximum atomic E-state index is 13.3. The second kappa shape index (κ2) is 13.6. The molecular weight excluding hydrogens is 526 g/mol. The van der Waals surface area contributed by atoms with E-state index < -0.39 is 0 Å². The van der Waals surface area contributed by atoms with Gasteiger partial charge in [0.05, 0.1) is 18.9 Å². The zero-order valence-corrected chi connectivity index (χ0v) is 24.7. The number of unbranched alkanes of at least 4 members (excludes halogenated alkanes) is 1. The van der Waals surface area contributed by atoms with Gasteiger partial charge in [-0.3, -0.25) is 14.5 Å². The normalized spacial score (nSPS) is 13.6. The number of morpholine rings is 1. The van der Waals surface area contributed by atoms with E-state index in [1.54, 1.807) is 13.2 Å². The number of nitrogens with one attached hydrogen (secondary N) is 2. The number of benzene rings is 3. The molecular formula is C34H39N5O3. The Balaban J connectivity index is 1.38. The largest absolute Gasteiger partial charge is 0.379 e. The predicted octanol–water partition coefficient (Wildman–Crippen LogP) is 5.93. The summed E-state index contributed by atoms with van der Waals surface area (Å²) in [5.41, 5.74) is 6.56. The first-order valence-electron chi connectivity index (χ1n) is 14.7. The van der Waals surface area contributed by atoms with E-state index in [0.29, 0.717) is 16.9 Å². The molecule has 0 radical (unpaired) electrons. The summed E-state index contributed by atoms with van der Waals surface area (Å²) in [6, 6.07) is 21.6. The third-order valence-corrected chi connectivity index (χ3v) is 7.69. The van der Waals surface area contributed by atoms with Crippen molar-refractivity contribution < 1.29 is 9.53 Å². The van der Waals surface area contributed by atoms with Crippen LogP contribution in [-0.4, -0.2) is 46.7 Å². The fourth-order valence-electron chi connectivity index (χ4n) is 5.28. The van der Waals surface area contributed by atoms with Crippen LogP contribution in [0.4, 0.5) is 17.2 Å². The van der Waals surface area contributed by atoms with Crippen LogP contribution < -0.4 is 16.2 Å². The summed E-state index contributed by atoms with van der Waals surface area (Å²) >= 11 is 0. The summed E-state index contributed by atoms with van der Waals surface area (Å²) in [6.45, 7) is 8.25. The molecule has 0 bridgehead atoms. The highest BCUT2D eigenvalue weighted by atomic mass is 16.5. The van der Waals surface area contributed by atoms with Crippen molar-refractivity contribution >= 4 is 23.1 Å². The topological polar surface area (TPSA) is 88.5 Å². The first-order valence-corrected chi connectivity index (χ1v) is 14.7. The summed E-state index contributed by atoms with van der Waals surface area (Å²) in [5, 5.41) is 6.37. The van der Waals surface area contributed by atoms with Crippen molar-refractivity contribution in [1.29, 1.82) is 0 Å². The number of hydrogen-bond donors (Lipinski definition) is 2. The van der Waals surface area contributed by atoms with E-state index >= 15 is 0 Å². The highest BCUT2D eigenvalue weighted by Gasteiger charge is 2.16. The van der Waals surface area contributed by atoms with Crippen molar-refractivity contribution in [2.24, 2.45) is 7.05 Å². The molecule has 0 unspecified atom stereocenters. The van der Waals surface area contributed by atoms with Crippen LogP contribution in [0.15, 0.2) is 77.7 Å². The molecule has 1 saturated heterocycles.